The topological polar surface area (TPSA) is 90.5 Å². The normalized spacial score (nSPS) is 22.1. The molecule has 4 rings (SSSR count). The smallest absolute Gasteiger partial charge is 0.343 e. The van der Waals surface area contributed by atoms with Gasteiger partial charge in [-0.05, 0) is 32.4 Å². The van der Waals surface area contributed by atoms with E-state index in [1.165, 1.54) is 12.3 Å². The van der Waals surface area contributed by atoms with Crippen molar-refractivity contribution in [1.29, 1.82) is 0 Å². The van der Waals surface area contributed by atoms with Crippen molar-refractivity contribution >= 4 is 34.4 Å². The molecule has 1 saturated carbocycles. The SMILES string of the molecule is CCOC(=O)c1cn(C2CC2)c2nc(N3CC(Cl)C(CN)C3)c(F)cc2c1=O. The number of halogens is 2. The molecule has 2 fully saturated rings. The van der Waals surface area contributed by atoms with Crippen LogP contribution in [0.2, 0.25) is 0 Å². The van der Waals surface area contributed by atoms with Gasteiger partial charge in [0.15, 0.2) is 11.6 Å². The number of ether oxygens (including phenoxy) is 1. The van der Waals surface area contributed by atoms with Crippen LogP contribution in [0.3, 0.4) is 0 Å². The lowest BCUT2D eigenvalue weighted by atomic mass is 10.1. The minimum absolute atomic E-state index is 0.0513. The second-order valence-electron chi connectivity index (χ2n) is 7.31. The van der Waals surface area contributed by atoms with E-state index >= 15 is 0 Å². The van der Waals surface area contributed by atoms with Crippen LogP contribution in [0.25, 0.3) is 11.0 Å². The number of rotatable bonds is 5. The van der Waals surface area contributed by atoms with Crippen molar-refractivity contribution in [2.24, 2.45) is 11.7 Å². The van der Waals surface area contributed by atoms with Crippen molar-refractivity contribution in [3.63, 3.8) is 0 Å². The highest BCUT2D eigenvalue weighted by molar-refractivity contribution is 6.21. The van der Waals surface area contributed by atoms with Crippen LogP contribution in [0, 0.1) is 11.7 Å². The number of anilines is 1. The van der Waals surface area contributed by atoms with Gasteiger partial charge in [0, 0.05) is 31.2 Å². The quantitative estimate of drug-likeness (QED) is 0.601. The van der Waals surface area contributed by atoms with Crippen LogP contribution in [-0.2, 0) is 4.74 Å². The Morgan fingerprint density at radius 3 is 2.79 bits per heavy atom. The van der Waals surface area contributed by atoms with E-state index in [1.54, 1.807) is 16.4 Å². The molecule has 0 amide bonds. The number of hydrogen-bond acceptors (Lipinski definition) is 6. The highest BCUT2D eigenvalue weighted by atomic mass is 35.5. The molecule has 2 unspecified atom stereocenters. The van der Waals surface area contributed by atoms with E-state index in [2.05, 4.69) is 4.98 Å². The summed E-state index contributed by atoms with van der Waals surface area (Å²) in [5.41, 5.74) is 5.45. The maximum Gasteiger partial charge on any atom is 0.343 e. The maximum absolute atomic E-state index is 14.9. The molecule has 0 spiro atoms. The van der Waals surface area contributed by atoms with E-state index in [1.807, 2.05) is 0 Å². The van der Waals surface area contributed by atoms with Crippen molar-refractivity contribution in [2.45, 2.75) is 31.2 Å². The Morgan fingerprint density at radius 1 is 1.43 bits per heavy atom. The van der Waals surface area contributed by atoms with Gasteiger partial charge in [-0.3, -0.25) is 4.79 Å². The molecule has 3 heterocycles. The predicted molar refractivity (Wildman–Crippen MR) is 105 cm³/mol. The van der Waals surface area contributed by atoms with E-state index in [-0.39, 0.29) is 40.7 Å². The first-order valence-corrected chi connectivity index (χ1v) is 9.89. The Balaban J connectivity index is 1.85. The summed E-state index contributed by atoms with van der Waals surface area (Å²) < 4.78 is 21.7. The van der Waals surface area contributed by atoms with E-state index in [0.29, 0.717) is 25.3 Å². The molecule has 0 aromatic carbocycles. The number of nitrogens with zero attached hydrogens (tertiary/aromatic N) is 3. The summed E-state index contributed by atoms with van der Waals surface area (Å²) in [5, 5.41) is -0.102. The fraction of sp³-hybridized carbons (Fsp3) is 0.526. The molecule has 0 bridgehead atoms. The fourth-order valence-electron chi connectivity index (χ4n) is 3.67. The predicted octanol–water partition coefficient (Wildman–Crippen LogP) is 2.05. The third-order valence-corrected chi connectivity index (χ3v) is 5.83. The van der Waals surface area contributed by atoms with Crippen molar-refractivity contribution in [3.05, 3.63) is 33.9 Å². The van der Waals surface area contributed by atoms with Crippen LogP contribution in [-0.4, -0.2) is 47.1 Å². The highest BCUT2D eigenvalue weighted by Gasteiger charge is 2.34. The summed E-state index contributed by atoms with van der Waals surface area (Å²) in [4.78, 5) is 31.2. The second kappa shape index (κ2) is 7.33. The second-order valence-corrected chi connectivity index (χ2v) is 7.87. The lowest BCUT2D eigenvalue weighted by Crippen LogP contribution is -2.26. The van der Waals surface area contributed by atoms with Gasteiger partial charge >= 0.3 is 5.97 Å². The Hall–Kier alpha value is -2.19. The summed E-state index contributed by atoms with van der Waals surface area (Å²) in [6.45, 7) is 3.18. The van der Waals surface area contributed by atoms with E-state index in [9.17, 15) is 14.0 Å². The van der Waals surface area contributed by atoms with Crippen molar-refractivity contribution < 1.29 is 13.9 Å². The van der Waals surface area contributed by atoms with E-state index < -0.39 is 17.2 Å². The van der Waals surface area contributed by atoms with Crippen LogP contribution in [0.4, 0.5) is 10.2 Å². The number of carbonyl (C=O) groups is 1. The summed E-state index contributed by atoms with van der Waals surface area (Å²) in [6, 6.07) is 1.30. The van der Waals surface area contributed by atoms with Gasteiger partial charge in [-0.25, -0.2) is 14.2 Å². The molecule has 2 aliphatic rings. The zero-order valence-corrected chi connectivity index (χ0v) is 16.3. The number of pyridine rings is 2. The van der Waals surface area contributed by atoms with E-state index in [0.717, 1.165) is 12.8 Å². The summed E-state index contributed by atoms with van der Waals surface area (Å²) in [7, 11) is 0. The Bertz CT molecular complexity index is 991. The minimum atomic E-state index is -0.705. The van der Waals surface area contributed by atoms with Gasteiger partial charge in [-0.15, -0.1) is 11.6 Å². The van der Waals surface area contributed by atoms with Crippen LogP contribution < -0.4 is 16.1 Å². The fourth-order valence-corrected chi connectivity index (χ4v) is 4.02. The molecule has 2 aromatic heterocycles. The Morgan fingerprint density at radius 2 is 2.18 bits per heavy atom. The summed E-state index contributed by atoms with van der Waals surface area (Å²) >= 11 is 6.32. The largest absolute Gasteiger partial charge is 0.462 e. The van der Waals surface area contributed by atoms with Gasteiger partial charge in [-0.1, -0.05) is 0 Å². The molecule has 9 heteroatoms. The van der Waals surface area contributed by atoms with Crippen molar-refractivity contribution in [2.75, 3.05) is 31.1 Å². The first-order chi connectivity index (χ1) is 13.4. The Kier molecular flexibility index (Phi) is 5.01. The summed E-state index contributed by atoms with van der Waals surface area (Å²) in [5.74, 6) is -1.11. The summed E-state index contributed by atoms with van der Waals surface area (Å²) in [6.07, 6.45) is 3.32. The van der Waals surface area contributed by atoms with Gasteiger partial charge in [0.2, 0.25) is 5.43 Å². The number of alkyl halides is 1. The number of aromatic nitrogens is 2. The number of nitrogens with two attached hydrogens (primary N) is 1. The average molecular weight is 409 g/mol. The molecule has 28 heavy (non-hydrogen) atoms. The van der Waals surface area contributed by atoms with Gasteiger partial charge in [0.25, 0.3) is 0 Å². The van der Waals surface area contributed by atoms with Gasteiger partial charge in [0.1, 0.15) is 11.2 Å². The zero-order valence-electron chi connectivity index (χ0n) is 15.5. The van der Waals surface area contributed by atoms with Crippen LogP contribution in [0.15, 0.2) is 17.1 Å². The lowest BCUT2D eigenvalue weighted by Gasteiger charge is -2.20. The monoisotopic (exact) mass is 408 g/mol. The molecule has 1 aliphatic heterocycles. The van der Waals surface area contributed by atoms with Crippen LogP contribution in [0.1, 0.15) is 36.2 Å². The molecule has 2 aromatic rings. The number of carbonyl (C=O) groups excluding carboxylic acids is 1. The third-order valence-electron chi connectivity index (χ3n) is 5.34. The van der Waals surface area contributed by atoms with E-state index in [4.69, 9.17) is 22.1 Å². The maximum atomic E-state index is 14.9. The molecular formula is C19H22ClFN4O3. The van der Waals surface area contributed by atoms with Crippen molar-refractivity contribution in [3.8, 4) is 0 Å². The molecule has 2 atom stereocenters. The van der Waals surface area contributed by atoms with Gasteiger partial charge < -0.3 is 19.9 Å². The lowest BCUT2D eigenvalue weighted by molar-refractivity contribution is 0.0524. The first kappa shape index (κ1) is 19.1. The van der Waals surface area contributed by atoms with Gasteiger partial charge in [-0.2, -0.15) is 0 Å². The standard InChI is InChI=1S/C19H22ClFN4O3/c1-2-28-19(27)13-8-25(11-3-4-11)17-12(16(13)26)5-15(21)18(23-17)24-7-10(6-22)14(20)9-24/h5,8,10-11,14H,2-4,6-7,9,22H2,1H3. The molecule has 2 N–H and O–H groups in total. The number of fused-ring (bicyclic) bond motifs is 1. The van der Waals surface area contributed by atoms with Gasteiger partial charge in [0.05, 0.1) is 17.4 Å². The highest BCUT2D eigenvalue weighted by Crippen LogP contribution is 2.37. The number of esters is 1. The average Bonchev–Trinajstić information content (AvgIpc) is 3.44. The van der Waals surface area contributed by atoms with Crippen LogP contribution in [0.5, 0.6) is 0 Å². The van der Waals surface area contributed by atoms with Crippen molar-refractivity contribution in [1.82, 2.24) is 9.55 Å². The molecule has 1 aliphatic carbocycles. The molecule has 1 saturated heterocycles. The minimum Gasteiger partial charge on any atom is -0.462 e. The number of hydrogen-bond donors (Lipinski definition) is 1. The molecule has 0 radical (unpaired) electrons. The Labute approximate surface area is 166 Å². The third kappa shape index (κ3) is 3.24. The molecule has 7 nitrogen and oxygen atoms in total. The molecule has 150 valence electrons. The zero-order chi connectivity index (χ0) is 20.0. The first-order valence-electron chi connectivity index (χ1n) is 9.46. The van der Waals surface area contributed by atoms with Crippen LogP contribution >= 0.6 is 11.6 Å². The molecular weight excluding hydrogens is 387 g/mol.